The van der Waals surface area contributed by atoms with Crippen molar-refractivity contribution >= 4 is 69.2 Å². The molecule has 1 saturated heterocycles. The van der Waals surface area contributed by atoms with Crippen LogP contribution in [0.15, 0.2) is 60.7 Å². The van der Waals surface area contributed by atoms with Crippen molar-refractivity contribution in [1.82, 2.24) is 9.62 Å². The third-order valence-electron chi connectivity index (χ3n) is 6.57. The Morgan fingerprint density at radius 3 is 2.24 bits per heavy atom. The number of amides is 1. The van der Waals surface area contributed by atoms with E-state index >= 15 is 0 Å². The van der Waals surface area contributed by atoms with Gasteiger partial charge in [-0.05, 0) is 59.7 Å². The molecule has 41 heavy (non-hydrogen) atoms. The largest absolute Gasteiger partial charge is 0.490 e. The van der Waals surface area contributed by atoms with Crippen LogP contribution >= 0.6 is 24.8 Å². The molecule has 1 heterocycles. The highest BCUT2D eigenvalue weighted by atomic mass is 35.5. The number of carbonyl (C=O) groups is 1. The number of fused-ring (bicyclic) bond motifs is 1. The minimum atomic E-state index is -4.33. The van der Waals surface area contributed by atoms with Crippen molar-refractivity contribution in [3.8, 4) is 5.75 Å². The summed E-state index contributed by atoms with van der Waals surface area (Å²) in [6.07, 6.45) is 0.477. The van der Waals surface area contributed by atoms with Crippen LogP contribution in [-0.2, 0) is 21.5 Å². The minimum Gasteiger partial charge on any atom is -0.490 e. The summed E-state index contributed by atoms with van der Waals surface area (Å²) in [7, 11) is -3.24. The Hall–Kier alpha value is -3.74. The van der Waals surface area contributed by atoms with Crippen LogP contribution in [-0.4, -0.2) is 57.4 Å². The molecule has 1 aliphatic rings. The zero-order valence-corrected chi connectivity index (χ0v) is 25.1. The monoisotopic (exact) mass is 624 g/mol. The number of hydrogen-bond donors (Lipinski definition) is 4. The van der Waals surface area contributed by atoms with Crippen molar-refractivity contribution in [3.63, 3.8) is 0 Å². The SMILES string of the molecule is COC(=O)NS(=O)(=O)N(Cc1ccc2ccc(C(=N)N)cc2c1)c1ccc(OC2CCN(C(C)=N)CC2)cc1.Cl.Cl. The lowest BCUT2D eigenvalue weighted by atomic mass is 10.0. The second-order valence-corrected chi connectivity index (χ2v) is 10.9. The molecule has 14 heteroatoms. The molecule has 222 valence electrons. The van der Waals surface area contributed by atoms with Crippen LogP contribution in [0.4, 0.5) is 10.5 Å². The number of nitrogens with zero attached hydrogens (tertiary/aromatic N) is 2. The Morgan fingerprint density at radius 1 is 1.02 bits per heavy atom. The molecule has 0 spiro atoms. The number of nitrogens with one attached hydrogen (secondary N) is 3. The topological polar surface area (TPSA) is 162 Å². The Balaban J connectivity index is 0.00000294. The highest BCUT2D eigenvalue weighted by molar-refractivity contribution is 7.91. The Labute approximate surface area is 252 Å². The number of nitrogens with two attached hydrogens (primary N) is 1. The molecule has 0 unspecified atom stereocenters. The van der Waals surface area contributed by atoms with Crippen LogP contribution in [0, 0.1) is 10.8 Å². The van der Waals surface area contributed by atoms with Crippen molar-refractivity contribution in [2.75, 3.05) is 24.5 Å². The van der Waals surface area contributed by atoms with Crippen LogP contribution in [0.25, 0.3) is 10.8 Å². The van der Waals surface area contributed by atoms with Gasteiger partial charge in [0, 0.05) is 31.5 Å². The van der Waals surface area contributed by atoms with Crippen LogP contribution < -0.4 is 19.5 Å². The van der Waals surface area contributed by atoms with E-state index in [9.17, 15) is 13.2 Å². The second-order valence-electron chi connectivity index (χ2n) is 9.30. The van der Waals surface area contributed by atoms with Gasteiger partial charge in [0.1, 0.15) is 17.7 Å². The van der Waals surface area contributed by atoms with Crippen LogP contribution in [0.1, 0.15) is 30.9 Å². The molecule has 0 atom stereocenters. The van der Waals surface area contributed by atoms with Crippen LogP contribution in [0.5, 0.6) is 5.75 Å². The fraction of sp³-hybridized carbons (Fsp3) is 0.296. The number of nitrogen functional groups attached to an aromatic ring is 1. The number of likely N-dealkylation sites (tertiary alicyclic amines) is 1. The van der Waals surface area contributed by atoms with Crippen LogP contribution in [0.3, 0.4) is 0 Å². The lowest BCUT2D eigenvalue weighted by molar-refractivity contribution is 0.130. The molecule has 0 saturated carbocycles. The number of benzene rings is 3. The van der Waals surface area contributed by atoms with E-state index < -0.39 is 16.3 Å². The van der Waals surface area contributed by atoms with E-state index in [0.717, 1.165) is 48.1 Å². The Kier molecular flexibility index (Phi) is 11.6. The maximum Gasteiger partial charge on any atom is 0.422 e. The predicted octanol–water partition coefficient (Wildman–Crippen LogP) is 4.42. The number of carbonyl (C=O) groups excluding carboxylic acids is 1. The lowest BCUT2D eigenvalue weighted by Gasteiger charge is -2.33. The second kappa shape index (κ2) is 14.2. The number of anilines is 1. The zero-order valence-electron chi connectivity index (χ0n) is 22.6. The number of rotatable bonds is 8. The van der Waals surface area contributed by atoms with E-state index in [2.05, 4.69) is 4.74 Å². The zero-order chi connectivity index (χ0) is 28.2. The normalized spacial score (nSPS) is 13.4. The lowest BCUT2D eigenvalue weighted by Crippen LogP contribution is -2.43. The first-order chi connectivity index (χ1) is 18.6. The van der Waals surface area contributed by atoms with Gasteiger partial charge >= 0.3 is 16.3 Å². The number of methoxy groups -OCH3 is 1. The van der Waals surface area contributed by atoms with Crippen LogP contribution in [0.2, 0.25) is 0 Å². The molecule has 0 radical (unpaired) electrons. The smallest absolute Gasteiger partial charge is 0.422 e. The standard InChI is InChI=1S/C27H32N6O5S.2ClH/c1-18(28)32-13-11-25(12-14-32)38-24-9-7-23(8-10-24)33(39(35,36)31-27(34)37-2)17-19-3-4-20-5-6-21(26(29)30)16-22(20)15-19;;/h3-10,15-16,25,28H,11-14,17H2,1-2H3,(H3,29,30)(H,31,34);2*1H. The summed E-state index contributed by atoms with van der Waals surface area (Å²) in [5, 5.41) is 17.2. The van der Waals surface area contributed by atoms with Crippen molar-refractivity contribution in [1.29, 1.82) is 10.8 Å². The molecule has 1 amide bonds. The third kappa shape index (κ3) is 8.38. The maximum absolute atomic E-state index is 13.2. The van der Waals surface area contributed by atoms with Crippen molar-refractivity contribution in [2.45, 2.75) is 32.4 Å². The molecule has 1 aliphatic heterocycles. The van der Waals surface area contributed by atoms with E-state index in [1.807, 2.05) is 27.8 Å². The quantitative estimate of drug-likeness (QED) is 0.213. The van der Waals surface area contributed by atoms with Gasteiger partial charge < -0.3 is 20.1 Å². The van der Waals surface area contributed by atoms with E-state index in [4.69, 9.17) is 21.3 Å². The number of ether oxygens (including phenoxy) is 2. The predicted molar refractivity (Wildman–Crippen MR) is 165 cm³/mol. The van der Waals surface area contributed by atoms with Gasteiger partial charge in [0.25, 0.3) is 0 Å². The molecule has 3 aromatic rings. The van der Waals surface area contributed by atoms with E-state index in [0.29, 0.717) is 28.4 Å². The summed E-state index contributed by atoms with van der Waals surface area (Å²) < 4.78 is 40.0. The average molecular weight is 626 g/mol. The molecule has 0 aliphatic carbocycles. The summed E-state index contributed by atoms with van der Waals surface area (Å²) in [6, 6.07) is 17.5. The summed E-state index contributed by atoms with van der Waals surface area (Å²) in [5.41, 5.74) is 7.17. The molecule has 0 aromatic heterocycles. The molecular formula is C27H34Cl2N6O5S. The van der Waals surface area contributed by atoms with E-state index in [1.54, 1.807) is 49.4 Å². The Morgan fingerprint density at radius 2 is 1.66 bits per heavy atom. The first-order valence-electron chi connectivity index (χ1n) is 12.4. The number of hydrogen-bond acceptors (Lipinski definition) is 7. The third-order valence-corrected chi connectivity index (χ3v) is 7.92. The molecule has 1 fully saturated rings. The van der Waals surface area contributed by atoms with Gasteiger partial charge in [0.15, 0.2) is 0 Å². The van der Waals surface area contributed by atoms with Gasteiger partial charge in [-0.2, -0.15) is 8.42 Å². The summed E-state index contributed by atoms with van der Waals surface area (Å²) in [6.45, 7) is 3.20. The van der Waals surface area contributed by atoms with Gasteiger partial charge in [-0.15, -0.1) is 24.8 Å². The van der Waals surface area contributed by atoms with Crippen molar-refractivity contribution in [2.24, 2.45) is 5.73 Å². The van der Waals surface area contributed by atoms with Gasteiger partial charge in [0.05, 0.1) is 25.2 Å². The average Bonchev–Trinajstić information content (AvgIpc) is 2.91. The van der Waals surface area contributed by atoms with Crippen molar-refractivity contribution < 1.29 is 22.7 Å². The molecule has 11 nitrogen and oxygen atoms in total. The van der Waals surface area contributed by atoms with Crippen molar-refractivity contribution in [3.05, 3.63) is 71.8 Å². The molecule has 0 bridgehead atoms. The van der Waals surface area contributed by atoms with E-state index in [-0.39, 0.29) is 43.3 Å². The highest BCUT2D eigenvalue weighted by Gasteiger charge is 2.26. The van der Waals surface area contributed by atoms with Gasteiger partial charge in [0.2, 0.25) is 0 Å². The maximum atomic E-state index is 13.2. The highest BCUT2D eigenvalue weighted by Crippen LogP contribution is 2.27. The first-order valence-corrected chi connectivity index (χ1v) is 13.8. The fourth-order valence-corrected chi connectivity index (χ4v) is 5.56. The first kappa shape index (κ1) is 33.5. The molecule has 5 N–H and O–H groups in total. The van der Waals surface area contributed by atoms with Gasteiger partial charge in [-0.1, -0.05) is 24.3 Å². The van der Waals surface area contributed by atoms with Gasteiger partial charge in [-0.3, -0.25) is 10.8 Å². The molecule has 4 rings (SSSR count). The molecule has 3 aromatic carbocycles. The number of amidine groups is 2. The summed E-state index contributed by atoms with van der Waals surface area (Å²) >= 11 is 0. The number of halogens is 2. The summed E-state index contributed by atoms with van der Waals surface area (Å²) in [4.78, 5) is 13.8. The van der Waals surface area contributed by atoms with E-state index in [1.165, 1.54) is 0 Å². The minimum absolute atomic E-state index is 0. The Bertz CT molecular complexity index is 1500. The number of piperidine rings is 1. The summed E-state index contributed by atoms with van der Waals surface area (Å²) in [5.74, 6) is 1.08. The molecular weight excluding hydrogens is 591 g/mol. The van der Waals surface area contributed by atoms with Gasteiger partial charge in [-0.25, -0.2) is 13.8 Å². The fourth-order valence-electron chi connectivity index (χ4n) is 4.44.